The van der Waals surface area contributed by atoms with Crippen molar-refractivity contribution in [3.63, 3.8) is 0 Å². The summed E-state index contributed by atoms with van der Waals surface area (Å²) in [5, 5.41) is 0. The lowest BCUT2D eigenvalue weighted by molar-refractivity contribution is 0.450. The van der Waals surface area contributed by atoms with E-state index in [1.807, 2.05) is 0 Å². The third-order valence-electron chi connectivity index (χ3n) is 1.18. The molecule has 0 saturated carbocycles. The number of rotatable bonds is 2. The summed E-state index contributed by atoms with van der Waals surface area (Å²) in [6.45, 7) is 0.519. The van der Waals surface area contributed by atoms with E-state index in [-0.39, 0.29) is 0 Å². The zero-order chi connectivity index (χ0) is 6.74. The van der Waals surface area contributed by atoms with E-state index in [1.54, 1.807) is 12.4 Å². The maximum atomic E-state index is 5.59. The fourth-order valence-electron chi connectivity index (χ4n) is 0.700. The molecule has 0 radical (unpaired) electrons. The molecule has 4 N–H and O–H groups in total. The molecule has 1 aliphatic heterocycles. The Bertz CT molecular complexity index is 137. The van der Waals surface area contributed by atoms with E-state index in [2.05, 4.69) is 9.98 Å². The lowest BCUT2D eigenvalue weighted by Crippen LogP contribution is -2.35. The van der Waals surface area contributed by atoms with E-state index in [0.29, 0.717) is 13.0 Å². The highest BCUT2D eigenvalue weighted by molar-refractivity contribution is 6.17. The van der Waals surface area contributed by atoms with Crippen LogP contribution < -0.4 is 11.5 Å². The van der Waals surface area contributed by atoms with E-state index in [1.165, 1.54) is 0 Å². The Kier molecular flexibility index (Phi) is 1.59. The van der Waals surface area contributed by atoms with Crippen molar-refractivity contribution in [2.75, 3.05) is 6.54 Å². The van der Waals surface area contributed by atoms with Crippen molar-refractivity contribution in [3.8, 4) is 0 Å². The first-order chi connectivity index (χ1) is 4.27. The molecule has 0 aliphatic carbocycles. The predicted molar refractivity (Wildman–Crippen MR) is 37.6 cm³/mol. The monoisotopic (exact) mass is 126 g/mol. The van der Waals surface area contributed by atoms with Crippen molar-refractivity contribution in [1.82, 2.24) is 0 Å². The third kappa shape index (κ3) is 1.34. The summed E-state index contributed by atoms with van der Waals surface area (Å²) >= 11 is 0. The molecule has 0 atom stereocenters. The molecule has 0 unspecified atom stereocenters. The second-order valence-corrected chi connectivity index (χ2v) is 1.97. The molecule has 50 valence electrons. The van der Waals surface area contributed by atoms with E-state index < -0.39 is 5.79 Å². The highest BCUT2D eigenvalue weighted by Gasteiger charge is 2.21. The zero-order valence-corrected chi connectivity index (χ0v) is 5.12. The Labute approximate surface area is 53.7 Å². The van der Waals surface area contributed by atoms with Gasteiger partial charge >= 0.3 is 0 Å². The van der Waals surface area contributed by atoms with Crippen LogP contribution in [0.3, 0.4) is 0 Å². The minimum Gasteiger partial charge on any atom is -0.330 e. The van der Waals surface area contributed by atoms with E-state index >= 15 is 0 Å². The zero-order valence-electron chi connectivity index (χ0n) is 5.12. The molecule has 9 heavy (non-hydrogen) atoms. The van der Waals surface area contributed by atoms with Crippen LogP contribution >= 0.6 is 0 Å². The van der Waals surface area contributed by atoms with Crippen LogP contribution in [0.2, 0.25) is 0 Å². The van der Waals surface area contributed by atoms with Crippen LogP contribution in [0.25, 0.3) is 0 Å². The number of hydrogen-bond donors (Lipinski definition) is 2. The normalized spacial score (nSPS) is 21.1. The van der Waals surface area contributed by atoms with Gasteiger partial charge in [-0.15, -0.1) is 0 Å². The lowest BCUT2D eigenvalue weighted by atomic mass is 10.3. The van der Waals surface area contributed by atoms with Crippen molar-refractivity contribution in [2.45, 2.75) is 12.2 Å². The van der Waals surface area contributed by atoms with Gasteiger partial charge in [0.05, 0.1) is 0 Å². The largest absolute Gasteiger partial charge is 0.330 e. The average Bonchev–Trinajstić information content (AvgIpc) is 2.16. The predicted octanol–water partition coefficient (Wildman–Crippen LogP) is -0.897. The van der Waals surface area contributed by atoms with Crippen molar-refractivity contribution in [3.05, 3.63) is 0 Å². The van der Waals surface area contributed by atoms with Crippen LogP contribution in [-0.2, 0) is 0 Å². The summed E-state index contributed by atoms with van der Waals surface area (Å²) in [7, 11) is 0. The first-order valence-corrected chi connectivity index (χ1v) is 2.85. The summed E-state index contributed by atoms with van der Waals surface area (Å²) in [5.74, 6) is -0.741. The molecular weight excluding hydrogens is 116 g/mol. The number of nitrogens with zero attached hydrogens (tertiary/aromatic N) is 2. The maximum Gasteiger partial charge on any atom is 0.203 e. The Morgan fingerprint density at radius 2 is 1.89 bits per heavy atom. The van der Waals surface area contributed by atoms with Gasteiger partial charge in [-0.25, -0.2) is 9.98 Å². The molecular formula is C5H10N4. The first kappa shape index (κ1) is 6.38. The highest BCUT2D eigenvalue weighted by atomic mass is 15.2. The molecule has 1 heterocycles. The summed E-state index contributed by atoms with van der Waals surface area (Å²) in [6.07, 6.45) is 3.80. The van der Waals surface area contributed by atoms with Gasteiger partial charge in [-0.3, -0.25) is 5.73 Å². The van der Waals surface area contributed by atoms with Crippen LogP contribution in [0, 0.1) is 0 Å². The van der Waals surface area contributed by atoms with Crippen molar-refractivity contribution in [1.29, 1.82) is 0 Å². The van der Waals surface area contributed by atoms with Crippen LogP contribution in [0.5, 0.6) is 0 Å². The van der Waals surface area contributed by atoms with Crippen LogP contribution in [0.4, 0.5) is 0 Å². The van der Waals surface area contributed by atoms with Crippen LogP contribution in [0.15, 0.2) is 9.98 Å². The molecule has 1 rings (SSSR count). The molecule has 0 fully saturated rings. The molecule has 4 nitrogen and oxygen atoms in total. The van der Waals surface area contributed by atoms with Crippen molar-refractivity contribution < 1.29 is 0 Å². The van der Waals surface area contributed by atoms with Gasteiger partial charge in [-0.2, -0.15) is 0 Å². The van der Waals surface area contributed by atoms with Gasteiger partial charge in [0.1, 0.15) is 0 Å². The van der Waals surface area contributed by atoms with Gasteiger partial charge in [0.2, 0.25) is 5.79 Å². The summed E-state index contributed by atoms with van der Waals surface area (Å²) < 4.78 is 0. The molecule has 0 amide bonds. The average molecular weight is 126 g/mol. The van der Waals surface area contributed by atoms with Gasteiger partial charge in [-0.1, -0.05) is 0 Å². The van der Waals surface area contributed by atoms with E-state index in [4.69, 9.17) is 11.5 Å². The summed E-state index contributed by atoms with van der Waals surface area (Å²) in [4.78, 5) is 7.82. The second kappa shape index (κ2) is 2.24. The molecule has 0 spiro atoms. The fraction of sp³-hybridized carbons (Fsp3) is 0.600. The Morgan fingerprint density at radius 1 is 1.33 bits per heavy atom. The Morgan fingerprint density at radius 3 is 2.33 bits per heavy atom. The molecule has 0 aromatic rings. The fourth-order valence-corrected chi connectivity index (χ4v) is 0.700. The van der Waals surface area contributed by atoms with Gasteiger partial charge in [-0.05, 0) is 6.54 Å². The smallest absolute Gasteiger partial charge is 0.203 e. The van der Waals surface area contributed by atoms with Crippen molar-refractivity contribution in [2.24, 2.45) is 21.5 Å². The minimum absolute atomic E-state index is 0.519. The quantitative estimate of drug-likeness (QED) is 0.503. The summed E-state index contributed by atoms with van der Waals surface area (Å²) in [6, 6.07) is 0. The Hall–Kier alpha value is -0.740. The number of nitrogens with two attached hydrogens (primary N) is 2. The first-order valence-electron chi connectivity index (χ1n) is 2.85. The highest BCUT2D eigenvalue weighted by Crippen LogP contribution is 2.10. The van der Waals surface area contributed by atoms with Gasteiger partial charge < -0.3 is 5.73 Å². The van der Waals surface area contributed by atoms with Crippen molar-refractivity contribution >= 4 is 12.4 Å². The summed E-state index contributed by atoms with van der Waals surface area (Å²) in [5.41, 5.74) is 10.9. The van der Waals surface area contributed by atoms with E-state index in [9.17, 15) is 0 Å². The van der Waals surface area contributed by atoms with E-state index in [0.717, 1.165) is 0 Å². The molecule has 4 heteroatoms. The minimum atomic E-state index is -0.741. The molecule has 0 bridgehead atoms. The second-order valence-electron chi connectivity index (χ2n) is 1.97. The molecule has 0 saturated heterocycles. The molecule has 0 aromatic carbocycles. The topological polar surface area (TPSA) is 76.8 Å². The SMILES string of the molecule is NCCC1(N)N=CC=N1. The van der Waals surface area contributed by atoms with Crippen LogP contribution in [0.1, 0.15) is 6.42 Å². The lowest BCUT2D eigenvalue weighted by Gasteiger charge is -2.14. The van der Waals surface area contributed by atoms with Crippen LogP contribution in [-0.4, -0.2) is 24.8 Å². The Balaban J connectivity index is 2.53. The maximum absolute atomic E-state index is 5.59. The van der Waals surface area contributed by atoms with Gasteiger partial charge in [0.15, 0.2) is 0 Å². The number of hydrogen-bond acceptors (Lipinski definition) is 4. The third-order valence-corrected chi connectivity index (χ3v) is 1.18. The standard InChI is InChI=1S/C5H10N4/c6-2-1-5(7)8-3-4-9-5/h3-4H,1-2,6-7H2. The molecule has 0 aromatic heterocycles. The van der Waals surface area contributed by atoms with Gasteiger partial charge in [0, 0.05) is 18.9 Å². The number of aliphatic imine (C=N–C) groups is 2. The molecule has 1 aliphatic rings. The van der Waals surface area contributed by atoms with Gasteiger partial charge in [0.25, 0.3) is 0 Å².